The summed E-state index contributed by atoms with van der Waals surface area (Å²) in [5, 5.41) is 27.1. The molecule has 4 rings (SSSR count). The minimum atomic E-state index is -1.14. The lowest BCUT2D eigenvalue weighted by Gasteiger charge is -2.24. The summed E-state index contributed by atoms with van der Waals surface area (Å²) in [6.45, 7) is 4.20. The quantitative estimate of drug-likeness (QED) is 0.442. The van der Waals surface area contributed by atoms with Crippen LogP contribution in [0, 0.1) is 13.8 Å². The fourth-order valence-corrected chi connectivity index (χ4v) is 4.50. The number of nitrogens with one attached hydrogen (secondary N) is 1. The summed E-state index contributed by atoms with van der Waals surface area (Å²) in [5.74, 6) is -1.25. The van der Waals surface area contributed by atoms with Gasteiger partial charge < -0.3 is 21.3 Å². The van der Waals surface area contributed by atoms with Gasteiger partial charge in [0.25, 0.3) is 5.91 Å². The van der Waals surface area contributed by atoms with Crippen LogP contribution in [0.4, 0.5) is 5.69 Å². The molecule has 8 heteroatoms. The van der Waals surface area contributed by atoms with Crippen molar-refractivity contribution in [2.75, 3.05) is 5.73 Å². The zero-order valence-electron chi connectivity index (χ0n) is 19.4. The number of benzene rings is 2. The first-order chi connectivity index (χ1) is 16.2. The Morgan fingerprint density at radius 3 is 2.41 bits per heavy atom. The standard InChI is InChI=1S/C26H30N4O4/c1-15-3-4-16(2)21(13-15)25(32)28-14-17-5-9-19(10-6-17)30-24(26(33)34)22(27)23(29-30)18-7-11-20(31)12-8-18/h3-6,9-10,13,18,20,31H,7-8,11-12,14,27H2,1-2H3,(H,28,32)(H,33,34). The topological polar surface area (TPSA) is 130 Å². The highest BCUT2D eigenvalue weighted by Gasteiger charge is 2.29. The number of carbonyl (C=O) groups is 2. The largest absolute Gasteiger partial charge is 0.476 e. The van der Waals surface area contributed by atoms with Gasteiger partial charge in [-0.2, -0.15) is 5.10 Å². The van der Waals surface area contributed by atoms with Crippen LogP contribution in [0.15, 0.2) is 42.5 Å². The predicted molar refractivity (Wildman–Crippen MR) is 129 cm³/mol. The number of aromatic carboxylic acids is 1. The summed E-state index contributed by atoms with van der Waals surface area (Å²) < 4.78 is 1.37. The van der Waals surface area contributed by atoms with Crippen LogP contribution in [0.5, 0.6) is 0 Å². The highest BCUT2D eigenvalue weighted by atomic mass is 16.4. The molecule has 2 aromatic carbocycles. The molecule has 0 unspecified atom stereocenters. The first kappa shape index (κ1) is 23.5. The molecule has 0 spiro atoms. The molecule has 0 radical (unpaired) electrons. The Morgan fingerprint density at radius 2 is 1.76 bits per heavy atom. The lowest BCUT2D eigenvalue weighted by atomic mass is 9.85. The molecule has 0 bridgehead atoms. The molecular formula is C26H30N4O4. The van der Waals surface area contributed by atoms with E-state index < -0.39 is 5.97 Å². The van der Waals surface area contributed by atoms with Crippen molar-refractivity contribution in [3.63, 3.8) is 0 Å². The van der Waals surface area contributed by atoms with Crippen LogP contribution < -0.4 is 11.1 Å². The molecule has 0 aliphatic heterocycles. The number of amides is 1. The summed E-state index contributed by atoms with van der Waals surface area (Å²) in [6.07, 6.45) is 2.44. The molecule has 1 amide bonds. The monoisotopic (exact) mass is 462 g/mol. The molecule has 178 valence electrons. The number of aryl methyl sites for hydroxylation is 2. The smallest absolute Gasteiger partial charge is 0.356 e. The van der Waals surface area contributed by atoms with E-state index in [1.54, 1.807) is 12.1 Å². The Balaban J connectivity index is 1.52. The third-order valence-corrected chi connectivity index (χ3v) is 6.51. The third-order valence-electron chi connectivity index (χ3n) is 6.51. The number of carbonyl (C=O) groups excluding carboxylic acids is 1. The van der Waals surface area contributed by atoms with Crippen LogP contribution in [0.1, 0.15) is 74.8 Å². The number of rotatable bonds is 6. The van der Waals surface area contributed by atoms with E-state index in [1.165, 1.54) is 4.68 Å². The van der Waals surface area contributed by atoms with Crippen molar-refractivity contribution >= 4 is 17.6 Å². The molecule has 0 atom stereocenters. The first-order valence-corrected chi connectivity index (χ1v) is 11.5. The predicted octanol–water partition coefficient (Wildman–Crippen LogP) is 3.72. The van der Waals surface area contributed by atoms with Gasteiger partial charge in [-0.05, 0) is 68.9 Å². The number of carboxylic acid groups (broad SMARTS) is 1. The molecule has 8 nitrogen and oxygen atoms in total. The Morgan fingerprint density at radius 1 is 1.09 bits per heavy atom. The molecule has 0 saturated heterocycles. The minimum absolute atomic E-state index is 0.0299. The number of nitrogen functional groups attached to an aromatic ring is 1. The van der Waals surface area contributed by atoms with Gasteiger partial charge in [0, 0.05) is 18.0 Å². The van der Waals surface area contributed by atoms with Crippen LogP contribution in [0.2, 0.25) is 0 Å². The molecule has 1 heterocycles. The van der Waals surface area contributed by atoms with E-state index in [1.807, 2.05) is 44.2 Å². The number of anilines is 1. The van der Waals surface area contributed by atoms with E-state index in [4.69, 9.17) is 5.73 Å². The van der Waals surface area contributed by atoms with E-state index in [2.05, 4.69) is 10.4 Å². The molecule has 1 aromatic heterocycles. The summed E-state index contributed by atoms with van der Waals surface area (Å²) in [6, 6.07) is 13.0. The summed E-state index contributed by atoms with van der Waals surface area (Å²) in [7, 11) is 0. The summed E-state index contributed by atoms with van der Waals surface area (Å²) >= 11 is 0. The SMILES string of the molecule is Cc1ccc(C)c(C(=O)NCc2ccc(-n3nc(C4CCC(O)CC4)c(N)c3C(=O)O)cc2)c1. The average molecular weight is 463 g/mol. The number of nitrogens with two attached hydrogens (primary N) is 1. The molecule has 1 fully saturated rings. The van der Waals surface area contributed by atoms with Crippen LogP contribution >= 0.6 is 0 Å². The van der Waals surface area contributed by atoms with Crippen molar-refractivity contribution in [3.8, 4) is 5.69 Å². The highest BCUT2D eigenvalue weighted by Crippen LogP contribution is 2.37. The number of aliphatic hydroxyl groups excluding tert-OH is 1. The van der Waals surface area contributed by atoms with Crippen LogP contribution in [-0.4, -0.2) is 38.0 Å². The van der Waals surface area contributed by atoms with Crippen molar-refractivity contribution in [1.82, 2.24) is 15.1 Å². The normalized spacial score (nSPS) is 18.0. The van der Waals surface area contributed by atoms with Gasteiger partial charge in [-0.3, -0.25) is 4.79 Å². The Bertz CT molecular complexity index is 1210. The molecule has 1 aliphatic rings. The summed E-state index contributed by atoms with van der Waals surface area (Å²) in [5.41, 5.74) is 11.0. The minimum Gasteiger partial charge on any atom is -0.476 e. The fourth-order valence-electron chi connectivity index (χ4n) is 4.50. The van der Waals surface area contributed by atoms with Gasteiger partial charge in [0.1, 0.15) is 0 Å². The average Bonchev–Trinajstić information content (AvgIpc) is 3.17. The van der Waals surface area contributed by atoms with Gasteiger partial charge >= 0.3 is 5.97 Å². The van der Waals surface area contributed by atoms with Crippen molar-refractivity contribution in [1.29, 1.82) is 0 Å². The molecular weight excluding hydrogens is 432 g/mol. The molecule has 1 saturated carbocycles. The van der Waals surface area contributed by atoms with Crippen molar-refractivity contribution in [2.24, 2.45) is 0 Å². The number of hydrogen-bond donors (Lipinski definition) is 4. The second-order valence-electron chi connectivity index (χ2n) is 9.04. The lowest BCUT2D eigenvalue weighted by Crippen LogP contribution is -2.23. The van der Waals surface area contributed by atoms with E-state index in [-0.39, 0.29) is 29.3 Å². The highest BCUT2D eigenvalue weighted by molar-refractivity contribution is 5.95. The number of hydrogen-bond acceptors (Lipinski definition) is 5. The fraction of sp³-hybridized carbons (Fsp3) is 0.346. The molecule has 34 heavy (non-hydrogen) atoms. The number of aliphatic hydroxyl groups is 1. The van der Waals surface area contributed by atoms with Gasteiger partial charge in [-0.1, -0.05) is 29.8 Å². The Hall–Kier alpha value is -3.65. The zero-order valence-corrected chi connectivity index (χ0v) is 19.4. The number of carboxylic acids is 1. The molecule has 1 aliphatic carbocycles. The second-order valence-corrected chi connectivity index (χ2v) is 9.04. The second kappa shape index (κ2) is 9.69. The molecule has 3 aromatic rings. The van der Waals surface area contributed by atoms with Crippen molar-refractivity contribution in [2.45, 2.75) is 58.1 Å². The van der Waals surface area contributed by atoms with Crippen LogP contribution in [-0.2, 0) is 6.54 Å². The lowest BCUT2D eigenvalue weighted by molar-refractivity contribution is 0.0687. The zero-order chi connectivity index (χ0) is 24.4. The first-order valence-electron chi connectivity index (χ1n) is 11.5. The van der Waals surface area contributed by atoms with Crippen LogP contribution in [0.3, 0.4) is 0 Å². The maximum absolute atomic E-state index is 12.6. The number of aromatic nitrogens is 2. The summed E-state index contributed by atoms with van der Waals surface area (Å²) in [4.78, 5) is 24.6. The Kier molecular flexibility index (Phi) is 6.70. The van der Waals surface area contributed by atoms with Gasteiger partial charge in [0.2, 0.25) is 0 Å². The van der Waals surface area contributed by atoms with Gasteiger partial charge in [-0.25, -0.2) is 9.48 Å². The van der Waals surface area contributed by atoms with E-state index in [9.17, 15) is 19.8 Å². The van der Waals surface area contributed by atoms with Gasteiger partial charge in [0.05, 0.1) is 23.2 Å². The maximum Gasteiger partial charge on any atom is 0.356 e. The van der Waals surface area contributed by atoms with Crippen LogP contribution in [0.25, 0.3) is 5.69 Å². The van der Waals surface area contributed by atoms with Crippen molar-refractivity contribution < 1.29 is 19.8 Å². The van der Waals surface area contributed by atoms with E-state index in [0.717, 1.165) is 29.5 Å². The van der Waals surface area contributed by atoms with Crippen molar-refractivity contribution in [3.05, 3.63) is 76.1 Å². The van der Waals surface area contributed by atoms with E-state index in [0.29, 0.717) is 36.3 Å². The maximum atomic E-state index is 12.6. The Labute approximate surface area is 198 Å². The van der Waals surface area contributed by atoms with Gasteiger partial charge in [0.15, 0.2) is 5.69 Å². The number of nitrogens with zero attached hydrogens (tertiary/aromatic N) is 2. The van der Waals surface area contributed by atoms with Gasteiger partial charge in [-0.15, -0.1) is 0 Å². The van der Waals surface area contributed by atoms with E-state index >= 15 is 0 Å². The molecule has 5 N–H and O–H groups in total. The third kappa shape index (κ3) is 4.82.